The summed E-state index contributed by atoms with van der Waals surface area (Å²) in [4.78, 5) is 2.26. The Bertz CT molecular complexity index is 499. The molecule has 3 unspecified atom stereocenters. The lowest BCUT2D eigenvalue weighted by molar-refractivity contribution is -0.0787. The summed E-state index contributed by atoms with van der Waals surface area (Å²) in [6, 6.07) is 6.28. The Hall–Kier alpha value is -0.810. The number of hydrogen-bond donors (Lipinski definition) is 1. The van der Waals surface area contributed by atoms with Crippen LogP contribution in [-0.4, -0.2) is 54.6 Å². The van der Waals surface area contributed by atoms with Crippen LogP contribution in [0.15, 0.2) is 18.2 Å². The van der Waals surface area contributed by atoms with Gasteiger partial charge in [-0.15, -0.1) is 0 Å². The van der Waals surface area contributed by atoms with E-state index < -0.39 is 6.10 Å². The number of ether oxygens (including phenoxy) is 2. The van der Waals surface area contributed by atoms with Crippen LogP contribution in [0.3, 0.4) is 0 Å². The molecule has 1 fully saturated rings. The topological polar surface area (TPSA) is 41.9 Å². The van der Waals surface area contributed by atoms with Gasteiger partial charge in [0.05, 0.1) is 12.2 Å². The van der Waals surface area contributed by atoms with Crippen LogP contribution in [0.4, 0.5) is 0 Å². The number of aliphatic hydroxyl groups excluding tert-OH is 1. The first-order chi connectivity index (χ1) is 10.8. The van der Waals surface area contributed by atoms with Gasteiger partial charge in [-0.2, -0.15) is 0 Å². The Kier molecular flexibility index (Phi) is 8.51. The van der Waals surface area contributed by atoms with Gasteiger partial charge in [-0.25, -0.2) is 0 Å². The summed E-state index contributed by atoms with van der Waals surface area (Å²) >= 11 is 0. The first-order valence-corrected chi connectivity index (χ1v) is 8.64. The van der Waals surface area contributed by atoms with Gasteiger partial charge in [0, 0.05) is 19.6 Å². The van der Waals surface area contributed by atoms with Crippen molar-refractivity contribution in [1.82, 2.24) is 4.90 Å². The first-order valence-electron chi connectivity index (χ1n) is 8.64. The molecule has 0 amide bonds. The Morgan fingerprint density at radius 3 is 2.46 bits per heavy atom. The van der Waals surface area contributed by atoms with Crippen molar-refractivity contribution in [3.8, 4) is 5.75 Å². The number of hydrogen-bond acceptors (Lipinski definition) is 4. The van der Waals surface area contributed by atoms with Crippen molar-refractivity contribution in [2.75, 3.05) is 26.2 Å². The Balaban J connectivity index is 0.00000288. The SMILES string of the molecule is Cc1ccc(C(C)C)c(OCC(O)CN2CC(C)OC(C)C2)c1.[Cl-]. The van der Waals surface area contributed by atoms with Crippen LogP contribution in [0.2, 0.25) is 0 Å². The van der Waals surface area contributed by atoms with Crippen molar-refractivity contribution >= 4 is 0 Å². The minimum Gasteiger partial charge on any atom is -1.00 e. The Morgan fingerprint density at radius 2 is 1.88 bits per heavy atom. The molecule has 0 aliphatic carbocycles. The van der Waals surface area contributed by atoms with E-state index in [0.29, 0.717) is 19.1 Å². The van der Waals surface area contributed by atoms with Gasteiger partial charge in [-0.3, -0.25) is 4.90 Å². The van der Waals surface area contributed by atoms with E-state index >= 15 is 0 Å². The third-order valence-corrected chi connectivity index (χ3v) is 4.19. The first kappa shape index (κ1) is 21.2. The van der Waals surface area contributed by atoms with Gasteiger partial charge in [0.25, 0.3) is 0 Å². The molecule has 0 aromatic heterocycles. The normalized spacial score (nSPS) is 23.0. The predicted molar refractivity (Wildman–Crippen MR) is 93.2 cm³/mol. The molecule has 0 spiro atoms. The van der Waals surface area contributed by atoms with Gasteiger partial charge >= 0.3 is 0 Å². The van der Waals surface area contributed by atoms with Crippen LogP contribution >= 0.6 is 0 Å². The Labute approximate surface area is 152 Å². The lowest BCUT2D eigenvalue weighted by Gasteiger charge is -2.36. The van der Waals surface area contributed by atoms with Gasteiger partial charge < -0.3 is 27.0 Å². The van der Waals surface area contributed by atoms with E-state index in [0.717, 1.165) is 18.8 Å². The average Bonchev–Trinajstić information content (AvgIpc) is 2.43. The molecular formula is C19H31ClNO3-. The molecule has 4 nitrogen and oxygen atoms in total. The van der Waals surface area contributed by atoms with Crippen molar-refractivity contribution in [2.24, 2.45) is 0 Å². The zero-order chi connectivity index (χ0) is 17.0. The molecule has 1 N–H and O–H groups in total. The summed E-state index contributed by atoms with van der Waals surface area (Å²) in [6.07, 6.45) is -0.0552. The molecule has 1 aromatic carbocycles. The van der Waals surface area contributed by atoms with E-state index in [-0.39, 0.29) is 24.6 Å². The van der Waals surface area contributed by atoms with E-state index in [2.05, 4.69) is 57.7 Å². The highest BCUT2D eigenvalue weighted by Gasteiger charge is 2.24. The number of benzene rings is 1. The van der Waals surface area contributed by atoms with Crippen molar-refractivity contribution in [1.29, 1.82) is 0 Å². The van der Waals surface area contributed by atoms with Crippen molar-refractivity contribution in [3.63, 3.8) is 0 Å². The standard InChI is InChI=1S/C19H31NO3.ClH/c1-13(2)18-7-6-14(3)8-19(18)22-12-17(21)11-20-9-15(4)23-16(5)10-20;/h6-8,13,15-17,21H,9-12H2,1-5H3;1H/p-1. The zero-order valence-corrected chi connectivity index (χ0v) is 16.2. The summed E-state index contributed by atoms with van der Waals surface area (Å²) in [6.45, 7) is 13.2. The third-order valence-electron chi connectivity index (χ3n) is 4.19. The highest BCUT2D eigenvalue weighted by atomic mass is 35.5. The lowest BCUT2D eigenvalue weighted by Crippen LogP contribution is -3.00. The molecule has 5 heteroatoms. The van der Waals surface area contributed by atoms with Gasteiger partial charge in [0.1, 0.15) is 18.5 Å². The molecule has 3 atom stereocenters. The second-order valence-electron chi connectivity index (χ2n) is 7.14. The fourth-order valence-electron chi connectivity index (χ4n) is 3.21. The van der Waals surface area contributed by atoms with Gasteiger partial charge in [0.2, 0.25) is 0 Å². The predicted octanol–water partition coefficient (Wildman–Crippen LogP) is -0.0287. The van der Waals surface area contributed by atoms with E-state index in [4.69, 9.17) is 9.47 Å². The molecule has 1 aliphatic rings. The highest BCUT2D eigenvalue weighted by molar-refractivity contribution is 5.39. The second kappa shape index (κ2) is 9.62. The van der Waals surface area contributed by atoms with Crippen LogP contribution in [0.1, 0.15) is 44.7 Å². The molecule has 0 bridgehead atoms. The summed E-state index contributed by atoms with van der Waals surface area (Å²) in [5.74, 6) is 1.30. The molecule has 24 heavy (non-hydrogen) atoms. The molecule has 1 saturated heterocycles. The minimum absolute atomic E-state index is 0. The number of aryl methyl sites for hydroxylation is 1. The van der Waals surface area contributed by atoms with Crippen LogP contribution in [0, 0.1) is 6.92 Å². The molecule has 0 radical (unpaired) electrons. The molecule has 1 aromatic rings. The summed E-state index contributed by atoms with van der Waals surface area (Å²) in [5.41, 5.74) is 2.37. The number of rotatable bonds is 6. The van der Waals surface area contributed by atoms with Crippen molar-refractivity contribution < 1.29 is 27.0 Å². The fourth-order valence-corrected chi connectivity index (χ4v) is 3.21. The van der Waals surface area contributed by atoms with Gasteiger partial charge in [-0.05, 0) is 43.9 Å². The average molecular weight is 357 g/mol. The van der Waals surface area contributed by atoms with E-state index in [1.807, 2.05) is 0 Å². The number of nitrogens with zero attached hydrogens (tertiary/aromatic N) is 1. The van der Waals surface area contributed by atoms with E-state index in [1.54, 1.807) is 0 Å². The molecule has 0 saturated carbocycles. The quantitative estimate of drug-likeness (QED) is 0.777. The van der Waals surface area contributed by atoms with Crippen LogP contribution in [0.5, 0.6) is 5.75 Å². The summed E-state index contributed by atoms with van der Waals surface area (Å²) in [5, 5.41) is 10.3. The highest BCUT2D eigenvalue weighted by Crippen LogP contribution is 2.27. The van der Waals surface area contributed by atoms with Crippen molar-refractivity contribution in [3.05, 3.63) is 29.3 Å². The second-order valence-corrected chi connectivity index (χ2v) is 7.14. The maximum atomic E-state index is 10.3. The van der Waals surface area contributed by atoms with E-state index in [9.17, 15) is 5.11 Å². The number of halogens is 1. The maximum absolute atomic E-state index is 10.3. The molecule has 1 aliphatic heterocycles. The largest absolute Gasteiger partial charge is 1.00 e. The number of morpholine rings is 1. The van der Waals surface area contributed by atoms with Crippen LogP contribution in [0.25, 0.3) is 0 Å². The van der Waals surface area contributed by atoms with Gasteiger partial charge in [0.15, 0.2) is 0 Å². The monoisotopic (exact) mass is 356 g/mol. The van der Waals surface area contributed by atoms with Crippen LogP contribution in [-0.2, 0) is 4.74 Å². The van der Waals surface area contributed by atoms with E-state index in [1.165, 1.54) is 11.1 Å². The molecular weight excluding hydrogens is 326 g/mol. The number of aliphatic hydroxyl groups is 1. The van der Waals surface area contributed by atoms with Crippen molar-refractivity contribution in [2.45, 2.75) is 58.8 Å². The molecule has 1 heterocycles. The minimum atomic E-state index is -0.493. The molecule has 138 valence electrons. The summed E-state index contributed by atoms with van der Waals surface area (Å²) in [7, 11) is 0. The summed E-state index contributed by atoms with van der Waals surface area (Å²) < 4.78 is 11.7. The smallest absolute Gasteiger partial charge is 0.123 e. The van der Waals surface area contributed by atoms with Crippen LogP contribution < -0.4 is 17.1 Å². The van der Waals surface area contributed by atoms with Gasteiger partial charge in [-0.1, -0.05) is 26.0 Å². The fraction of sp³-hybridized carbons (Fsp3) is 0.684. The molecule has 2 rings (SSSR count). The zero-order valence-electron chi connectivity index (χ0n) is 15.5. The maximum Gasteiger partial charge on any atom is 0.123 e. The Morgan fingerprint density at radius 1 is 1.25 bits per heavy atom. The number of β-amino-alcohol motifs (C(OH)–C–C–N with tert-alkyl or cyclic N) is 1. The lowest BCUT2D eigenvalue weighted by atomic mass is 10.0. The third kappa shape index (κ3) is 6.25.